The third-order valence-corrected chi connectivity index (χ3v) is 2.18. The highest BCUT2D eigenvalue weighted by atomic mass is 35.5. The highest BCUT2D eigenvalue weighted by Gasteiger charge is 2.17. The molecule has 0 aliphatic heterocycles. The number of nitrogens with one attached hydrogen (secondary N) is 1. The summed E-state index contributed by atoms with van der Waals surface area (Å²) in [6.45, 7) is 0. The fourth-order valence-corrected chi connectivity index (χ4v) is 1.52. The molecule has 1 rings (SSSR count). The molecule has 0 radical (unpaired) electrons. The highest BCUT2D eigenvalue weighted by molar-refractivity contribution is 6.13. The first-order valence-electron chi connectivity index (χ1n) is 3.44. The smallest absolute Gasteiger partial charge is 0.0235 e. The zero-order chi connectivity index (χ0) is 6.69. The van der Waals surface area contributed by atoms with Crippen LogP contribution < -0.4 is 10.6 Å². The van der Waals surface area contributed by atoms with E-state index in [0.717, 1.165) is 12.8 Å². The minimum atomic E-state index is 0.370. The van der Waals surface area contributed by atoms with Gasteiger partial charge in [-0.25, -0.2) is 4.84 Å². The van der Waals surface area contributed by atoms with Crippen LogP contribution in [-0.2, 0) is 0 Å². The van der Waals surface area contributed by atoms with Gasteiger partial charge < -0.3 is 5.73 Å². The molecule has 0 saturated heterocycles. The number of nitrogens with two attached hydrogens (primary N) is 1. The van der Waals surface area contributed by atoms with Crippen LogP contribution in [0.1, 0.15) is 25.7 Å². The van der Waals surface area contributed by atoms with Crippen molar-refractivity contribution in [2.24, 2.45) is 5.73 Å². The first-order valence-corrected chi connectivity index (χ1v) is 3.82. The third kappa shape index (κ3) is 2.12. The van der Waals surface area contributed by atoms with E-state index in [1.165, 1.54) is 12.8 Å². The molecule has 0 aromatic heterocycles. The molecule has 0 unspecified atom stereocenters. The molecule has 3 N–H and O–H groups in total. The van der Waals surface area contributed by atoms with Gasteiger partial charge in [0.05, 0.1) is 0 Å². The van der Waals surface area contributed by atoms with Gasteiger partial charge in [-0.05, 0) is 31.0 Å². The van der Waals surface area contributed by atoms with Gasteiger partial charge in [-0.15, -0.1) is 0 Å². The molecule has 3 heteroatoms. The monoisotopic (exact) mass is 148 g/mol. The SMILES string of the molecule is N[C@H]1CCC[C@@H](NCl)C1. The number of rotatable bonds is 1. The van der Waals surface area contributed by atoms with Crippen molar-refractivity contribution in [2.45, 2.75) is 37.8 Å². The molecule has 1 aliphatic rings. The van der Waals surface area contributed by atoms with E-state index in [9.17, 15) is 0 Å². The Morgan fingerprint density at radius 1 is 1.44 bits per heavy atom. The summed E-state index contributed by atoms with van der Waals surface area (Å²) in [6.07, 6.45) is 4.58. The van der Waals surface area contributed by atoms with Crippen LogP contribution in [0.2, 0.25) is 0 Å². The molecule has 1 saturated carbocycles. The van der Waals surface area contributed by atoms with E-state index >= 15 is 0 Å². The van der Waals surface area contributed by atoms with Crippen LogP contribution in [0.4, 0.5) is 0 Å². The summed E-state index contributed by atoms with van der Waals surface area (Å²) >= 11 is 5.44. The fraction of sp³-hybridized carbons (Fsp3) is 1.00. The van der Waals surface area contributed by atoms with E-state index < -0.39 is 0 Å². The van der Waals surface area contributed by atoms with Gasteiger partial charge in [0.1, 0.15) is 0 Å². The normalized spacial score (nSPS) is 36.7. The van der Waals surface area contributed by atoms with Gasteiger partial charge in [-0.2, -0.15) is 0 Å². The molecule has 54 valence electrons. The average molecular weight is 149 g/mol. The Bertz CT molecular complexity index is 87.1. The zero-order valence-corrected chi connectivity index (χ0v) is 6.19. The summed E-state index contributed by atoms with van der Waals surface area (Å²) in [4.78, 5) is 2.73. The van der Waals surface area contributed by atoms with Crippen molar-refractivity contribution in [3.05, 3.63) is 0 Å². The molecule has 2 nitrogen and oxygen atoms in total. The van der Waals surface area contributed by atoms with Crippen LogP contribution in [0.3, 0.4) is 0 Å². The van der Waals surface area contributed by atoms with Crippen molar-refractivity contribution in [1.29, 1.82) is 0 Å². The molecule has 0 heterocycles. The molecule has 1 fully saturated rings. The van der Waals surface area contributed by atoms with Crippen LogP contribution in [0, 0.1) is 0 Å². The van der Waals surface area contributed by atoms with Crippen LogP contribution in [0.15, 0.2) is 0 Å². The predicted octanol–water partition coefficient (Wildman–Crippen LogP) is 1.000. The van der Waals surface area contributed by atoms with E-state index in [0.29, 0.717) is 12.1 Å². The molecule has 0 aromatic rings. The standard InChI is InChI=1S/C6H13ClN2/c7-9-6-3-1-2-5(8)4-6/h5-6,9H,1-4,8H2/t5-,6+/m0/s1. The van der Waals surface area contributed by atoms with Gasteiger partial charge in [-0.1, -0.05) is 6.42 Å². The van der Waals surface area contributed by atoms with Crippen molar-refractivity contribution < 1.29 is 0 Å². The van der Waals surface area contributed by atoms with Gasteiger partial charge in [0.2, 0.25) is 0 Å². The maximum atomic E-state index is 5.70. The average Bonchev–Trinajstić information content (AvgIpc) is 1.88. The van der Waals surface area contributed by atoms with E-state index in [-0.39, 0.29) is 0 Å². The van der Waals surface area contributed by atoms with Crippen molar-refractivity contribution in [2.75, 3.05) is 0 Å². The molecule has 0 amide bonds. The first kappa shape index (κ1) is 7.32. The predicted molar refractivity (Wildman–Crippen MR) is 39.2 cm³/mol. The summed E-state index contributed by atoms with van der Waals surface area (Å²) in [6, 6.07) is 0.824. The Morgan fingerprint density at radius 2 is 2.22 bits per heavy atom. The molecule has 9 heavy (non-hydrogen) atoms. The van der Waals surface area contributed by atoms with Crippen molar-refractivity contribution >= 4 is 11.8 Å². The lowest BCUT2D eigenvalue weighted by atomic mass is 9.92. The van der Waals surface area contributed by atoms with E-state index in [4.69, 9.17) is 17.5 Å². The van der Waals surface area contributed by atoms with Crippen molar-refractivity contribution in [3.63, 3.8) is 0 Å². The topological polar surface area (TPSA) is 38.0 Å². The Balaban J connectivity index is 2.23. The lowest BCUT2D eigenvalue weighted by Gasteiger charge is -2.24. The van der Waals surface area contributed by atoms with E-state index in [1.807, 2.05) is 0 Å². The molecular formula is C6H13ClN2. The second-order valence-corrected chi connectivity index (χ2v) is 2.95. The van der Waals surface area contributed by atoms with E-state index in [1.54, 1.807) is 0 Å². The molecule has 0 bridgehead atoms. The molecule has 0 spiro atoms. The quantitative estimate of drug-likeness (QED) is 0.545. The Hall–Kier alpha value is 0.210. The Kier molecular flexibility index (Phi) is 2.76. The van der Waals surface area contributed by atoms with Crippen molar-refractivity contribution in [1.82, 2.24) is 4.84 Å². The van der Waals surface area contributed by atoms with Crippen LogP contribution >= 0.6 is 11.8 Å². The fourth-order valence-electron chi connectivity index (χ4n) is 1.33. The zero-order valence-electron chi connectivity index (χ0n) is 5.44. The number of halogens is 1. The van der Waals surface area contributed by atoms with Crippen LogP contribution in [0.5, 0.6) is 0 Å². The van der Waals surface area contributed by atoms with Gasteiger partial charge in [0.25, 0.3) is 0 Å². The molecular weight excluding hydrogens is 136 g/mol. The van der Waals surface area contributed by atoms with E-state index in [2.05, 4.69) is 4.84 Å². The second-order valence-electron chi connectivity index (χ2n) is 2.73. The highest BCUT2D eigenvalue weighted by Crippen LogP contribution is 2.16. The molecule has 2 atom stereocenters. The second kappa shape index (κ2) is 3.40. The van der Waals surface area contributed by atoms with Crippen molar-refractivity contribution in [3.8, 4) is 0 Å². The van der Waals surface area contributed by atoms with Gasteiger partial charge >= 0.3 is 0 Å². The molecule has 0 aromatic carbocycles. The minimum absolute atomic E-state index is 0.370. The van der Waals surface area contributed by atoms with Gasteiger partial charge in [0, 0.05) is 12.1 Å². The largest absolute Gasteiger partial charge is 0.328 e. The van der Waals surface area contributed by atoms with Gasteiger partial charge in [0.15, 0.2) is 0 Å². The number of hydrogen-bond donors (Lipinski definition) is 2. The maximum absolute atomic E-state index is 5.70. The third-order valence-electron chi connectivity index (χ3n) is 1.87. The summed E-state index contributed by atoms with van der Waals surface area (Å²) in [5.74, 6) is 0. The van der Waals surface area contributed by atoms with Crippen LogP contribution in [-0.4, -0.2) is 12.1 Å². The lowest BCUT2D eigenvalue weighted by Crippen LogP contribution is -2.35. The Labute approximate surface area is 60.9 Å². The summed E-state index contributed by atoms with van der Waals surface area (Å²) < 4.78 is 0. The summed E-state index contributed by atoms with van der Waals surface area (Å²) in [5.41, 5.74) is 5.70. The first-order chi connectivity index (χ1) is 4.33. The Morgan fingerprint density at radius 3 is 2.67 bits per heavy atom. The van der Waals surface area contributed by atoms with Crippen LogP contribution in [0.25, 0.3) is 0 Å². The summed E-state index contributed by atoms with van der Waals surface area (Å²) in [7, 11) is 0. The van der Waals surface area contributed by atoms with Gasteiger partial charge in [-0.3, -0.25) is 0 Å². The summed E-state index contributed by atoms with van der Waals surface area (Å²) in [5, 5.41) is 0. The number of hydrogen-bond acceptors (Lipinski definition) is 2. The minimum Gasteiger partial charge on any atom is -0.328 e. The maximum Gasteiger partial charge on any atom is 0.0235 e. The lowest BCUT2D eigenvalue weighted by molar-refractivity contribution is 0.376. The molecule has 1 aliphatic carbocycles.